The van der Waals surface area contributed by atoms with Crippen LogP contribution < -0.4 is 0 Å². The van der Waals surface area contributed by atoms with Gasteiger partial charge in [-0.05, 0) is 43.4 Å². The van der Waals surface area contributed by atoms with E-state index in [4.69, 9.17) is 5.26 Å². The third-order valence-corrected chi connectivity index (χ3v) is 7.52. The number of hydrogen-bond donors (Lipinski definition) is 0. The van der Waals surface area contributed by atoms with E-state index in [0.29, 0.717) is 37.0 Å². The summed E-state index contributed by atoms with van der Waals surface area (Å²) < 4.78 is 27.3. The van der Waals surface area contributed by atoms with Crippen LogP contribution in [0.2, 0.25) is 0 Å². The fourth-order valence-electron chi connectivity index (χ4n) is 3.91. The highest BCUT2D eigenvalue weighted by Gasteiger charge is 2.30. The molecule has 1 atom stereocenters. The van der Waals surface area contributed by atoms with Crippen LogP contribution in [-0.4, -0.2) is 49.8 Å². The standard InChI is InChI=1S/C19H27N3O2S/c1-16(15-20)21-11-13-22(14-12-21)25(23,24)19-9-7-18(8-10-19)17-5-3-2-4-6-17/h7-10,16-17H,2-6,11-14H2,1H3/t16-/m0/s1. The number of piperazine rings is 1. The second-order valence-corrected chi connectivity index (χ2v) is 9.09. The lowest BCUT2D eigenvalue weighted by atomic mass is 9.84. The predicted molar refractivity (Wildman–Crippen MR) is 97.7 cm³/mol. The van der Waals surface area contributed by atoms with Crippen LogP contribution in [0.4, 0.5) is 0 Å². The molecule has 1 aliphatic heterocycles. The van der Waals surface area contributed by atoms with Gasteiger partial charge in [0, 0.05) is 26.2 Å². The Balaban J connectivity index is 1.67. The largest absolute Gasteiger partial charge is 0.286 e. The molecule has 2 aliphatic rings. The molecule has 1 saturated heterocycles. The molecule has 2 fully saturated rings. The lowest BCUT2D eigenvalue weighted by Gasteiger charge is -2.35. The molecule has 136 valence electrons. The van der Waals surface area contributed by atoms with E-state index in [0.717, 1.165) is 0 Å². The van der Waals surface area contributed by atoms with Crippen LogP contribution in [0.5, 0.6) is 0 Å². The second kappa shape index (κ2) is 7.86. The summed E-state index contributed by atoms with van der Waals surface area (Å²) in [6, 6.07) is 9.58. The Labute approximate surface area is 151 Å². The first kappa shape index (κ1) is 18.4. The summed E-state index contributed by atoms with van der Waals surface area (Å²) in [5.41, 5.74) is 1.27. The highest BCUT2D eigenvalue weighted by atomic mass is 32.2. The van der Waals surface area contributed by atoms with Gasteiger partial charge in [-0.1, -0.05) is 31.4 Å². The van der Waals surface area contributed by atoms with Crippen LogP contribution in [0.1, 0.15) is 50.5 Å². The molecule has 25 heavy (non-hydrogen) atoms. The van der Waals surface area contributed by atoms with Crippen molar-refractivity contribution in [3.8, 4) is 6.07 Å². The molecule has 0 unspecified atom stereocenters. The summed E-state index contributed by atoms with van der Waals surface area (Å²) in [5, 5.41) is 9.00. The summed E-state index contributed by atoms with van der Waals surface area (Å²) in [7, 11) is -3.44. The van der Waals surface area contributed by atoms with Crippen molar-refractivity contribution in [3.05, 3.63) is 29.8 Å². The normalized spacial score (nSPS) is 22.4. The van der Waals surface area contributed by atoms with Gasteiger partial charge in [-0.2, -0.15) is 9.57 Å². The molecule has 1 saturated carbocycles. The summed E-state index contributed by atoms with van der Waals surface area (Å²) in [6.45, 7) is 3.95. The molecule has 0 spiro atoms. The van der Waals surface area contributed by atoms with E-state index in [2.05, 4.69) is 6.07 Å². The topological polar surface area (TPSA) is 64.4 Å². The van der Waals surface area contributed by atoms with Crippen LogP contribution in [0, 0.1) is 11.3 Å². The lowest BCUT2D eigenvalue weighted by molar-refractivity contribution is 0.169. The van der Waals surface area contributed by atoms with Crippen LogP contribution in [0.25, 0.3) is 0 Å². The molecule has 0 bridgehead atoms. The van der Waals surface area contributed by atoms with Crippen molar-refractivity contribution in [2.24, 2.45) is 0 Å². The Morgan fingerprint density at radius 3 is 2.20 bits per heavy atom. The zero-order valence-electron chi connectivity index (χ0n) is 14.9. The van der Waals surface area contributed by atoms with Gasteiger partial charge in [-0.15, -0.1) is 0 Å². The summed E-state index contributed by atoms with van der Waals surface area (Å²) in [4.78, 5) is 2.41. The van der Waals surface area contributed by atoms with Crippen molar-refractivity contribution in [3.63, 3.8) is 0 Å². The Hall–Kier alpha value is -1.42. The number of rotatable bonds is 4. The Morgan fingerprint density at radius 1 is 1.04 bits per heavy atom. The maximum absolute atomic E-state index is 12.9. The number of nitriles is 1. The average molecular weight is 362 g/mol. The molecule has 1 heterocycles. The quantitative estimate of drug-likeness (QED) is 0.827. The van der Waals surface area contributed by atoms with Crippen LogP contribution in [0.3, 0.4) is 0 Å². The van der Waals surface area contributed by atoms with E-state index in [1.54, 1.807) is 16.4 Å². The van der Waals surface area contributed by atoms with E-state index in [1.807, 2.05) is 24.0 Å². The minimum atomic E-state index is -3.44. The fraction of sp³-hybridized carbons (Fsp3) is 0.632. The van der Waals surface area contributed by atoms with Gasteiger partial charge in [0.05, 0.1) is 17.0 Å². The zero-order chi connectivity index (χ0) is 17.9. The third-order valence-electron chi connectivity index (χ3n) is 5.60. The first-order valence-corrected chi connectivity index (χ1v) is 10.7. The molecule has 0 N–H and O–H groups in total. The van der Waals surface area contributed by atoms with Crippen LogP contribution >= 0.6 is 0 Å². The number of nitrogens with zero attached hydrogens (tertiary/aromatic N) is 3. The zero-order valence-corrected chi connectivity index (χ0v) is 15.7. The molecule has 1 aromatic carbocycles. The van der Waals surface area contributed by atoms with Gasteiger partial charge in [0.15, 0.2) is 0 Å². The molecular weight excluding hydrogens is 334 g/mol. The van der Waals surface area contributed by atoms with E-state index < -0.39 is 10.0 Å². The number of sulfonamides is 1. The molecule has 1 aliphatic carbocycles. The van der Waals surface area contributed by atoms with E-state index in [1.165, 1.54) is 37.7 Å². The Morgan fingerprint density at radius 2 is 1.64 bits per heavy atom. The van der Waals surface area contributed by atoms with Gasteiger partial charge in [0.1, 0.15) is 0 Å². The van der Waals surface area contributed by atoms with Crippen molar-refractivity contribution in [1.82, 2.24) is 9.21 Å². The van der Waals surface area contributed by atoms with Crippen LogP contribution in [0.15, 0.2) is 29.2 Å². The van der Waals surface area contributed by atoms with Gasteiger partial charge < -0.3 is 0 Å². The first-order chi connectivity index (χ1) is 12.0. The molecule has 3 rings (SSSR count). The van der Waals surface area contributed by atoms with Crippen molar-refractivity contribution in [1.29, 1.82) is 5.26 Å². The summed E-state index contributed by atoms with van der Waals surface area (Å²) >= 11 is 0. The monoisotopic (exact) mass is 361 g/mol. The van der Waals surface area contributed by atoms with Crippen molar-refractivity contribution < 1.29 is 8.42 Å². The molecule has 1 aromatic rings. The van der Waals surface area contributed by atoms with Crippen molar-refractivity contribution in [2.75, 3.05) is 26.2 Å². The van der Waals surface area contributed by atoms with Gasteiger partial charge >= 0.3 is 0 Å². The number of hydrogen-bond acceptors (Lipinski definition) is 4. The number of benzene rings is 1. The SMILES string of the molecule is C[C@@H](C#N)N1CCN(S(=O)(=O)c2ccc(C3CCCCC3)cc2)CC1. The Kier molecular flexibility index (Phi) is 5.78. The van der Waals surface area contributed by atoms with Gasteiger partial charge in [-0.3, -0.25) is 4.90 Å². The smallest absolute Gasteiger partial charge is 0.243 e. The molecule has 6 heteroatoms. The van der Waals surface area contributed by atoms with E-state index in [9.17, 15) is 8.42 Å². The average Bonchev–Trinajstić information content (AvgIpc) is 2.68. The summed E-state index contributed by atoms with van der Waals surface area (Å²) in [5.74, 6) is 0.585. The molecule has 0 radical (unpaired) electrons. The van der Waals surface area contributed by atoms with Crippen LogP contribution in [-0.2, 0) is 10.0 Å². The highest BCUT2D eigenvalue weighted by Crippen LogP contribution is 2.33. The first-order valence-electron chi connectivity index (χ1n) is 9.26. The van der Waals surface area contributed by atoms with Gasteiger partial charge in [0.25, 0.3) is 0 Å². The minimum Gasteiger partial charge on any atom is -0.286 e. The summed E-state index contributed by atoms with van der Waals surface area (Å²) in [6.07, 6.45) is 6.29. The lowest BCUT2D eigenvalue weighted by Crippen LogP contribution is -2.50. The van der Waals surface area contributed by atoms with E-state index in [-0.39, 0.29) is 6.04 Å². The fourth-order valence-corrected chi connectivity index (χ4v) is 5.33. The van der Waals surface area contributed by atoms with Gasteiger partial charge in [0.2, 0.25) is 10.0 Å². The molecule has 0 aromatic heterocycles. The maximum atomic E-state index is 12.9. The molecule has 5 nitrogen and oxygen atoms in total. The third kappa shape index (κ3) is 4.05. The van der Waals surface area contributed by atoms with Crippen molar-refractivity contribution in [2.45, 2.75) is 55.9 Å². The van der Waals surface area contributed by atoms with Crippen molar-refractivity contribution >= 4 is 10.0 Å². The molecule has 0 amide bonds. The Bertz CT molecular complexity index is 710. The van der Waals surface area contributed by atoms with E-state index >= 15 is 0 Å². The maximum Gasteiger partial charge on any atom is 0.243 e. The highest BCUT2D eigenvalue weighted by molar-refractivity contribution is 7.89. The predicted octanol–water partition coefficient (Wildman–Crippen LogP) is 2.95. The van der Waals surface area contributed by atoms with Gasteiger partial charge in [-0.25, -0.2) is 8.42 Å². The second-order valence-electron chi connectivity index (χ2n) is 7.15. The molecular formula is C19H27N3O2S. The minimum absolute atomic E-state index is 0.167.